The van der Waals surface area contributed by atoms with Crippen LogP contribution in [0.2, 0.25) is 0 Å². The molecule has 15 aromatic rings. The highest BCUT2D eigenvalue weighted by molar-refractivity contribution is 6.13. The predicted octanol–water partition coefficient (Wildman–Crippen LogP) is 19.2. The molecule has 15 rings (SSSR count). The van der Waals surface area contributed by atoms with Gasteiger partial charge in [-0.05, 0) is 132 Å². The third-order valence-corrected chi connectivity index (χ3v) is 14.4. The number of anilines is 6. The van der Waals surface area contributed by atoms with Gasteiger partial charge < -0.3 is 27.5 Å². The van der Waals surface area contributed by atoms with Gasteiger partial charge in [0.05, 0.1) is 22.3 Å². The third-order valence-electron chi connectivity index (χ3n) is 14.4. The second-order valence-electron chi connectivity index (χ2n) is 19.3. The fraction of sp³-hybridized carbons (Fsp3) is 0. The van der Waals surface area contributed by atoms with Crippen molar-refractivity contribution in [3.63, 3.8) is 0 Å². The smallest absolute Gasteiger partial charge is 0.228 e. The highest BCUT2D eigenvalue weighted by Crippen LogP contribution is 2.57. The first-order chi connectivity index (χ1) is 39.7. The normalized spacial score (nSPS) is 11.5. The minimum absolute atomic E-state index is 0.283. The Kier molecular flexibility index (Phi) is 11.3. The number of aromatic nitrogens is 4. The fourth-order valence-corrected chi connectivity index (χ4v) is 10.9. The molecule has 0 atom stereocenters. The van der Waals surface area contributed by atoms with E-state index >= 15 is 0 Å². The molecule has 0 fully saturated rings. The number of hydrogen-bond acceptors (Lipinski definition) is 10. The molecule has 4 heterocycles. The van der Waals surface area contributed by atoms with Crippen molar-refractivity contribution in [1.29, 1.82) is 0 Å². The van der Waals surface area contributed by atoms with Crippen molar-refractivity contribution in [3.8, 4) is 68.1 Å². The van der Waals surface area contributed by atoms with E-state index in [4.69, 9.17) is 37.6 Å². The zero-order chi connectivity index (χ0) is 52.9. The summed E-state index contributed by atoms with van der Waals surface area (Å²) in [5, 5.41) is 0. The SMILES string of the molecule is c1ccc(N(c2ccccc2)c2cccc(-c3c(-c4cccc(N(c5ccccc5)c5ccccc5)c4)c(-c4nc5ccccc5o4)c(-c4nc5ccccc5o4)c(-c4nc5ccccc5o4)c3-c3nc4ccccc4o3)c2)cc1. The molecule has 10 nitrogen and oxygen atoms in total. The maximum atomic E-state index is 7.09. The van der Waals surface area contributed by atoms with Gasteiger partial charge in [0, 0.05) is 45.3 Å². The van der Waals surface area contributed by atoms with Gasteiger partial charge in [0.15, 0.2) is 22.3 Å². The molecule has 0 aliphatic rings. The molecular weight excluding hydrogens is 989 g/mol. The molecule has 0 saturated heterocycles. The maximum Gasteiger partial charge on any atom is 0.228 e. The van der Waals surface area contributed by atoms with Crippen LogP contribution in [0.3, 0.4) is 0 Å². The van der Waals surface area contributed by atoms with Crippen LogP contribution in [0.4, 0.5) is 34.1 Å². The molecule has 0 N–H and O–H groups in total. The van der Waals surface area contributed by atoms with E-state index in [0.717, 1.165) is 56.4 Å². The second kappa shape index (κ2) is 19.5. The number of oxazole rings is 4. The van der Waals surface area contributed by atoms with Crippen LogP contribution in [0.15, 0.2) is 285 Å². The topological polar surface area (TPSA) is 111 Å². The highest BCUT2D eigenvalue weighted by atomic mass is 16.4. The summed E-state index contributed by atoms with van der Waals surface area (Å²) in [6.45, 7) is 0. The molecule has 0 bridgehead atoms. The van der Waals surface area contributed by atoms with Crippen LogP contribution in [-0.4, -0.2) is 19.9 Å². The van der Waals surface area contributed by atoms with Gasteiger partial charge >= 0.3 is 0 Å². The first kappa shape index (κ1) is 46.2. The van der Waals surface area contributed by atoms with Gasteiger partial charge in [0.2, 0.25) is 23.6 Å². The average Bonchev–Trinajstić information content (AvgIpc) is 4.45. The van der Waals surface area contributed by atoms with Crippen LogP contribution < -0.4 is 9.80 Å². The molecule has 0 aliphatic carbocycles. The van der Waals surface area contributed by atoms with Crippen LogP contribution in [0, 0.1) is 0 Å². The molecule has 378 valence electrons. The molecule has 0 spiro atoms. The van der Waals surface area contributed by atoms with E-state index in [0.29, 0.717) is 78.4 Å². The van der Waals surface area contributed by atoms with Crippen LogP contribution in [0.25, 0.3) is 112 Å². The first-order valence-electron chi connectivity index (χ1n) is 26.4. The lowest BCUT2D eigenvalue weighted by atomic mass is 9.80. The Labute approximate surface area is 458 Å². The van der Waals surface area contributed by atoms with Crippen molar-refractivity contribution >= 4 is 78.5 Å². The summed E-state index contributed by atoms with van der Waals surface area (Å²) in [5.74, 6) is 1.21. The van der Waals surface area contributed by atoms with Gasteiger partial charge in [-0.3, -0.25) is 0 Å². The maximum absolute atomic E-state index is 7.09. The lowest BCUT2D eigenvalue weighted by molar-refractivity contribution is 0.604. The Morgan fingerprint density at radius 3 is 0.725 bits per heavy atom. The molecule has 0 unspecified atom stereocenters. The molecule has 0 amide bonds. The van der Waals surface area contributed by atoms with Crippen molar-refractivity contribution in [3.05, 3.63) is 267 Å². The number of hydrogen-bond donors (Lipinski definition) is 0. The summed E-state index contributed by atoms with van der Waals surface area (Å²) in [4.78, 5) is 26.0. The predicted molar refractivity (Wildman–Crippen MR) is 319 cm³/mol. The van der Waals surface area contributed by atoms with Crippen molar-refractivity contribution in [2.45, 2.75) is 0 Å². The van der Waals surface area contributed by atoms with E-state index in [-0.39, 0.29) is 11.8 Å². The summed E-state index contributed by atoms with van der Waals surface area (Å²) < 4.78 is 28.2. The second-order valence-corrected chi connectivity index (χ2v) is 19.3. The number of benzene rings is 11. The molecule has 0 radical (unpaired) electrons. The van der Waals surface area contributed by atoms with Crippen molar-refractivity contribution in [2.24, 2.45) is 0 Å². The van der Waals surface area contributed by atoms with Crippen LogP contribution in [-0.2, 0) is 0 Å². The van der Waals surface area contributed by atoms with Gasteiger partial charge in [-0.1, -0.05) is 146 Å². The third kappa shape index (κ3) is 8.14. The van der Waals surface area contributed by atoms with Gasteiger partial charge in [-0.2, -0.15) is 0 Å². The molecule has 4 aromatic heterocycles. The minimum Gasteiger partial charge on any atom is -0.436 e. The Morgan fingerprint density at radius 2 is 0.450 bits per heavy atom. The first-order valence-corrected chi connectivity index (χ1v) is 26.4. The minimum atomic E-state index is 0.283. The zero-order valence-corrected chi connectivity index (χ0v) is 42.7. The van der Waals surface area contributed by atoms with Crippen molar-refractivity contribution < 1.29 is 17.7 Å². The lowest BCUT2D eigenvalue weighted by Crippen LogP contribution is -2.10. The Morgan fingerprint density at radius 1 is 0.212 bits per heavy atom. The van der Waals surface area contributed by atoms with Gasteiger partial charge in [0.1, 0.15) is 22.1 Å². The van der Waals surface area contributed by atoms with Crippen molar-refractivity contribution in [1.82, 2.24) is 19.9 Å². The number of para-hydroxylation sites is 12. The monoisotopic (exact) mass is 1030 g/mol. The Bertz CT molecular complexity index is 4230. The number of nitrogens with zero attached hydrogens (tertiary/aromatic N) is 6. The van der Waals surface area contributed by atoms with E-state index in [1.54, 1.807) is 0 Å². The summed E-state index contributed by atoms with van der Waals surface area (Å²) in [6.07, 6.45) is 0. The van der Waals surface area contributed by atoms with Crippen LogP contribution in [0.5, 0.6) is 0 Å². The number of fused-ring (bicyclic) bond motifs is 4. The standard InChI is InChI=1S/C70H44N6O4/c1-5-25-47(26-6-1)75(48-27-7-2-8-28-48)51-33-21-23-45(43-51)61-62(46-24-22-34-52(44-46)76(49-29-9-3-10-30-49)50-31-11-4-12-32-50)64(68-72-54-36-14-18-40-58(54)78-68)66(70-74-56-38-16-20-42-60(56)80-70)65(69-73-55-37-15-19-41-59(55)79-69)63(61)67-71-53-35-13-17-39-57(53)77-67/h1-44H. The number of rotatable bonds is 12. The van der Waals surface area contributed by atoms with Crippen molar-refractivity contribution in [2.75, 3.05) is 9.80 Å². The van der Waals surface area contributed by atoms with E-state index < -0.39 is 0 Å². The van der Waals surface area contributed by atoms with E-state index in [2.05, 4.69) is 155 Å². The van der Waals surface area contributed by atoms with Gasteiger partial charge in [-0.15, -0.1) is 0 Å². The Hall–Kier alpha value is -11.1. The molecule has 10 heteroatoms. The largest absolute Gasteiger partial charge is 0.436 e. The Balaban J connectivity index is 1.16. The highest BCUT2D eigenvalue weighted by Gasteiger charge is 2.37. The summed E-state index contributed by atoms with van der Waals surface area (Å²) in [5.41, 5.74) is 16.0. The quantitative estimate of drug-likeness (QED) is 0.117. The van der Waals surface area contributed by atoms with E-state index in [1.165, 1.54) is 0 Å². The molecule has 0 aliphatic heterocycles. The summed E-state index contributed by atoms with van der Waals surface area (Å²) >= 11 is 0. The zero-order valence-electron chi connectivity index (χ0n) is 42.7. The van der Waals surface area contributed by atoms with Crippen LogP contribution >= 0.6 is 0 Å². The summed E-state index contributed by atoms with van der Waals surface area (Å²) in [7, 11) is 0. The molecule has 11 aromatic carbocycles. The average molecular weight is 1030 g/mol. The van der Waals surface area contributed by atoms with E-state index in [1.807, 2.05) is 121 Å². The van der Waals surface area contributed by atoms with Gasteiger partial charge in [-0.25, -0.2) is 19.9 Å². The summed E-state index contributed by atoms with van der Waals surface area (Å²) in [6, 6.07) is 89.9. The van der Waals surface area contributed by atoms with Crippen LogP contribution in [0.1, 0.15) is 0 Å². The molecule has 80 heavy (non-hydrogen) atoms. The molecule has 0 saturated carbocycles. The fourth-order valence-electron chi connectivity index (χ4n) is 10.9. The lowest BCUT2D eigenvalue weighted by Gasteiger charge is -2.28. The van der Waals surface area contributed by atoms with E-state index in [9.17, 15) is 0 Å². The molecular formula is C70H44N6O4. The van der Waals surface area contributed by atoms with Gasteiger partial charge in [0.25, 0.3) is 0 Å².